The highest BCUT2D eigenvalue weighted by atomic mass is 16.6. The summed E-state index contributed by atoms with van der Waals surface area (Å²) in [6, 6.07) is 7.95. The van der Waals surface area contributed by atoms with Crippen molar-refractivity contribution in [1.82, 2.24) is 10.6 Å². The second kappa shape index (κ2) is 9.48. The summed E-state index contributed by atoms with van der Waals surface area (Å²) in [5.41, 5.74) is 2.18. The zero-order valence-electron chi connectivity index (χ0n) is 16.4. The second-order valence-electron chi connectivity index (χ2n) is 6.59. The summed E-state index contributed by atoms with van der Waals surface area (Å²) >= 11 is 0. The summed E-state index contributed by atoms with van der Waals surface area (Å²) < 4.78 is 5.93. The molecule has 1 aromatic carbocycles. The van der Waals surface area contributed by atoms with Gasteiger partial charge in [-0.3, -0.25) is 9.59 Å². The minimum Gasteiger partial charge on any atom is -0.477 e. The predicted molar refractivity (Wildman–Crippen MR) is 104 cm³/mol. The molecular weight excluding hydrogens is 380 g/mol. The fourth-order valence-corrected chi connectivity index (χ4v) is 3.15. The van der Waals surface area contributed by atoms with Gasteiger partial charge >= 0.3 is 11.7 Å². The number of carbonyl (C=O) groups excluding carboxylic acids is 2. The van der Waals surface area contributed by atoms with Crippen LogP contribution in [0.2, 0.25) is 0 Å². The van der Waals surface area contributed by atoms with Gasteiger partial charge in [-0.15, -0.1) is 0 Å². The molecule has 1 aromatic rings. The van der Waals surface area contributed by atoms with Gasteiger partial charge in [0.2, 0.25) is 0 Å². The van der Waals surface area contributed by atoms with E-state index in [0.717, 1.165) is 0 Å². The monoisotopic (exact) mass is 406 g/mol. The first-order valence-electron chi connectivity index (χ1n) is 9.23. The van der Waals surface area contributed by atoms with Crippen molar-refractivity contribution >= 4 is 23.5 Å². The number of benzene rings is 1. The molecule has 29 heavy (non-hydrogen) atoms. The summed E-state index contributed by atoms with van der Waals surface area (Å²) in [5, 5.41) is 19.1. The van der Waals surface area contributed by atoms with Crippen molar-refractivity contribution in [2.24, 2.45) is 10.9 Å². The Morgan fingerprint density at radius 2 is 1.90 bits per heavy atom. The van der Waals surface area contributed by atoms with Crippen LogP contribution in [0.5, 0.6) is 0 Å². The van der Waals surface area contributed by atoms with E-state index in [1.165, 1.54) is 26.2 Å². The van der Waals surface area contributed by atoms with E-state index < -0.39 is 29.0 Å². The molecule has 1 amide bonds. The zero-order valence-corrected chi connectivity index (χ0v) is 16.4. The van der Waals surface area contributed by atoms with Crippen LogP contribution in [0.15, 0.2) is 35.5 Å². The molecule has 1 unspecified atom stereocenters. The highest BCUT2D eigenvalue weighted by Gasteiger charge is 2.55. The number of nitrogens with zero attached hydrogens (tertiary/aromatic N) is 1. The molecule has 158 valence electrons. The summed E-state index contributed by atoms with van der Waals surface area (Å²) in [6.07, 6.45) is 0.287. The molecule has 1 atom stereocenters. The Balaban J connectivity index is 2.51. The number of amides is 1. The molecule has 0 aromatic heterocycles. The first-order valence-corrected chi connectivity index (χ1v) is 9.23. The van der Waals surface area contributed by atoms with E-state index in [0.29, 0.717) is 13.1 Å². The summed E-state index contributed by atoms with van der Waals surface area (Å²) in [4.78, 5) is 42.5. The molecule has 10 nitrogen and oxygen atoms in total. The number of Topliss-reactive ketones (excluding diaryl/α,β-unsaturated/α-hetero) is 1. The number of carboxylic acid groups (broad SMARTS) is 1. The predicted octanol–water partition coefficient (Wildman–Crippen LogP) is 0.234. The zero-order chi connectivity index (χ0) is 21.5. The Kier molecular flexibility index (Phi) is 7.29. The van der Waals surface area contributed by atoms with E-state index in [1.54, 1.807) is 18.2 Å². The molecular formula is C19H26N4O6. The van der Waals surface area contributed by atoms with Gasteiger partial charge in [-0.1, -0.05) is 30.3 Å². The van der Waals surface area contributed by atoms with Gasteiger partial charge in [0.05, 0.1) is 0 Å². The number of rotatable bonds is 9. The van der Waals surface area contributed by atoms with Crippen LogP contribution in [0.25, 0.3) is 0 Å². The van der Waals surface area contributed by atoms with Crippen LogP contribution in [0.4, 0.5) is 0 Å². The lowest BCUT2D eigenvalue weighted by Gasteiger charge is -2.42. The number of carbonyl (C=O) groups is 3. The molecule has 10 heteroatoms. The van der Waals surface area contributed by atoms with Gasteiger partial charge in [0.1, 0.15) is 12.7 Å². The Morgan fingerprint density at radius 1 is 1.28 bits per heavy atom. The van der Waals surface area contributed by atoms with Crippen LogP contribution < -0.4 is 16.4 Å². The lowest BCUT2D eigenvalue weighted by Crippen LogP contribution is -2.68. The number of piperidine rings is 1. The van der Waals surface area contributed by atoms with E-state index in [1.807, 2.05) is 0 Å². The van der Waals surface area contributed by atoms with Crippen molar-refractivity contribution in [3.8, 4) is 0 Å². The van der Waals surface area contributed by atoms with Gasteiger partial charge in [-0.25, -0.2) is 4.79 Å². The van der Waals surface area contributed by atoms with E-state index in [9.17, 15) is 19.5 Å². The molecule has 1 fully saturated rings. The SMILES string of the molecule is CCC(=O)C(NC(=O)c1ccccc1)(OC1(C(N)=NOC)CCNCC1)C(=O)O. The van der Waals surface area contributed by atoms with Crippen LogP contribution in [0.1, 0.15) is 36.5 Å². The maximum Gasteiger partial charge on any atom is 0.365 e. The molecule has 5 N–H and O–H groups in total. The molecule has 1 heterocycles. The number of ether oxygens (including phenoxy) is 1. The lowest BCUT2D eigenvalue weighted by atomic mass is 9.89. The number of hydrogen-bond acceptors (Lipinski definition) is 7. The highest BCUT2D eigenvalue weighted by molar-refractivity contribution is 6.11. The average Bonchev–Trinajstić information content (AvgIpc) is 2.73. The maximum absolute atomic E-state index is 12.8. The van der Waals surface area contributed by atoms with Gasteiger partial charge < -0.3 is 31.0 Å². The smallest absolute Gasteiger partial charge is 0.365 e. The maximum atomic E-state index is 12.8. The molecule has 0 aliphatic carbocycles. The second-order valence-corrected chi connectivity index (χ2v) is 6.59. The van der Waals surface area contributed by atoms with E-state index in [2.05, 4.69) is 15.8 Å². The number of oxime groups is 1. The minimum atomic E-state index is -2.63. The van der Waals surface area contributed by atoms with E-state index >= 15 is 0 Å². The van der Waals surface area contributed by atoms with Crippen molar-refractivity contribution in [1.29, 1.82) is 0 Å². The fraction of sp³-hybridized carbons (Fsp3) is 0.474. The van der Waals surface area contributed by atoms with Gasteiger partial charge in [0.25, 0.3) is 5.91 Å². The molecule has 0 spiro atoms. The molecule has 1 aliphatic heterocycles. The first-order chi connectivity index (χ1) is 13.8. The van der Waals surface area contributed by atoms with Gasteiger partial charge in [-0.05, 0) is 38.1 Å². The minimum absolute atomic E-state index is 0.106. The van der Waals surface area contributed by atoms with Gasteiger partial charge in [-0.2, -0.15) is 0 Å². The molecule has 0 bridgehead atoms. The van der Waals surface area contributed by atoms with Crippen molar-refractivity contribution in [3.05, 3.63) is 35.9 Å². The summed E-state index contributed by atoms with van der Waals surface area (Å²) in [5.74, 6) is -3.33. The van der Waals surface area contributed by atoms with E-state index in [4.69, 9.17) is 15.3 Å². The van der Waals surface area contributed by atoms with Crippen LogP contribution in [-0.2, 0) is 19.2 Å². The molecule has 0 radical (unpaired) electrons. The molecule has 1 aliphatic rings. The number of hydrogen-bond donors (Lipinski definition) is 4. The van der Waals surface area contributed by atoms with Crippen molar-refractivity contribution in [2.45, 2.75) is 37.5 Å². The average molecular weight is 406 g/mol. The van der Waals surface area contributed by atoms with Gasteiger partial charge in [0, 0.05) is 12.0 Å². The third kappa shape index (κ3) is 4.72. The summed E-state index contributed by atoms with van der Waals surface area (Å²) in [7, 11) is 1.29. The number of ketones is 1. The number of amidine groups is 1. The first kappa shape index (κ1) is 22.3. The third-order valence-corrected chi connectivity index (χ3v) is 4.76. The Hall–Kier alpha value is -2.98. The number of nitrogens with two attached hydrogens (primary N) is 1. The highest BCUT2D eigenvalue weighted by Crippen LogP contribution is 2.30. The van der Waals surface area contributed by atoms with Crippen molar-refractivity contribution < 1.29 is 29.1 Å². The molecule has 1 saturated heterocycles. The van der Waals surface area contributed by atoms with Crippen molar-refractivity contribution in [2.75, 3.05) is 20.2 Å². The topological polar surface area (TPSA) is 152 Å². The normalized spacial score (nSPS) is 18.3. The Bertz CT molecular complexity index is 776. The largest absolute Gasteiger partial charge is 0.477 e. The lowest BCUT2D eigenvalue weighted by molar-refractivity contribution is -0.193. The van der Waals surface area contributed by atoms with E-state index in [-0.39, 0.29) is 30.7 Å². The van der Waals surface area contributed by atoms with Crippen LogP contribution in [0, 0.1) is 0 Å². The molecule has 2 rings (SSSR count). The number of carboxylic acids is 1. The van der Waals surface area contributed by atoms with Crippen LogP contribution in [-0.4, -0.2) is 60.1 Å². The van der Waals surface area contributed by atoms with Crippen molar-refractivity contribution in [3.63, 3.8) is 0 Å². The molecule has 0 saturated carbocycles. The van der Waals surface area contributed by atoms with Gasteiger partial charge in [0.15, 0.2) is 11.6 Å². The summed E-state index contributed by atoms with van der Waals surface area (Å²) in [6.45, 7) is 2.38. The Labute approximate surface area is 168 Å². The Morgan fingerprint density at radius 3 is 2.41 bits per heavy atom. The third-order valence-electron chi connectivity index (χ3n) is 4.76. The number of aliphatic carboxylic acids is 1. The number of nitrogens with one attached hydrogen (secondary N) is 2. The van der Waals surface area contributed by atoms with Crippen LogP contribution in [0.3, 0.4) is 0 Å². The standard InChI is InChI=1S/C19H26N4O6/c1-3-14(24)19(17(26)27,22-15(25)13-7-5-4-6-8-13)29-18(16(20)23-28-2)9-11-21-12-10-18/h4-8,21H,3,9-12H2,1-2H3,(H2,20,23)(H,22,25)(H,26,27). The quantitative estimate of drug-likeness (QED) is 0.150. The fourth-order valence-electron chi connectivity index (χ4n) is 3.15. The van der Waals surface area contributed by atoms with Crippen LogP contribution >= 0.6 is 0 Å².